The Hall–Kier alpha value is -1.31. The average molecular weight is 134 g/mol. The molecule has 10 heavy (non-hydrogen) atoms. The summed E-state index contributed by atoms with van der Waals surface area (Å²) in [6.45, 7) is 0.510. The Morgan fingerprint density at radius 2 is 2.60 bits per heavy atom. The van der Waals surface area contributed by atoms with Gasteiger partial charge >= 0.3 is 0 Å². The summed E-state index contributed by atoms with van der Waals surface area (Å²) in [5.41, 5.74) is 0.812. The Morgan fingerprint density at radius 1 is 1.60 bits per heavy atom. The SMILES string of the molecule is [2H]c1ccc2c(c1)OCC=N2. The highest BCUT2D eigenvalue weighted by Gasteiger charge is 2.02. The summed E-state index contributed by atoms with van der Waals surface area (Å²) in [7, 11) is 0. The van der Waals surface area contributed by atoms with Crippen molar-refractivity contribution in [1.29, 1.82) is 0 Å². The van der Waals surface area contributed by atoms with Gasteiger partial charge < -0.3 is 4.74 Å². The number of hydrogen-bond donors (Lipinski definition) is 0. The van der Waals surface area contributed by atoms with E-state index in [2.05, 4.69) is 4.99 Å². The second kappa shape index (κ2) is 2.14. The van der Waals surface area contributed by atoms with Crippen LogP contribution in [-0.2, 0) is 0 Å². The minimum absolute atomic E-state index is 0.459. The second-order valence-electron chi connectivity index (χ2n) is 2.02. The molecule has 0 unspecified atom stereocenters. The molecule has 0 saturated heterocycles. The zero-order valence-electron chi connectivity index (χ0n) is 6.37. The normalized spacial score (nSPS) is 15.4. The van der Waals surface area contributed by atoms with E-state index in [1.165, 1.54) is 0 Å². The summed E-state index contributed by atoms with van der Waals surface area (Å²) < 4.78 is 12.5. The van der Waals surface area contributed by atoms with Gasteiger partial charge in [0, 0.05) is 6.21 Å². The molecular weight excluding hydrogens is 126 g/mol. The molecule has 0 amide bonds. The molecule has 0 saturated carbocycles. The Kier molecular flexibility index (Phi) is 0.961. The number of aliphatic imine (C=N–C) groups is 1. The minimum Gasteiger partial charge on any atom is -0.486 e. The van der Waals surface area contributed by atoms with Crippen LogP contribution >= 0.6 is 0 Å². The maximum Gasteiger partial charge on any atom is 0.145 e. The summed E-state index contributed by atoms with van der Waals surface area (Å²) in [5.74, 6) is 0.708. The summed E-state index contributed by atoms with van der Waals surface area (Å²) in [6.07, 6.45) is 1.71. The van der Waals surface area contributed by atoms with Crippen LogP contribution < -0.4 is 4.74 Å². The highest BCUT2D eigenvalue weighted by atomic mass is 16.5. The molecule has 0 aliphatic carbocycles. The molecule has 2 rings (SSSR count). The monoisotopic (exact) mass is 134 g/mol. The van der Waals surface area contributed by atoms with E-state index in [0.29, 0.717) is 18.4 Å². The number of ether oxygens (including phenoxy) is 1. The first kappa shape index (κ1) is 4.50. The van der Waals surface area contributed by atoms with Crippen molar-refractivity contribution in [1.82, 2.24) is 0 Å². The van der Waals surface area contributed by atoms with Crippen LogP contribution in [0.25, 0.3) is 0 Å². The number of fused-ring (bicyclic) bond motifs is 1. The molecule has 1 aromatic rings. The quantitative estimate of drug-likeness (QED) is 0.530. The lowest BCUT2D eigenvalue weighted by atomic mass is 10.3. The van der Waals surface area contributed by atoms with Crippen LogP contribution in [0, 0.1) is 0 Å². The van der Waals surface area contributed by atoms with Crippen LogP contribution in [0.4, 0.5) is 5.69 Å². The summed E-state index contributed by atoms with van der Waals surface area (Å²) in [4.78, 5) is 4.10. The van der Waals surface area contributed by atoms with E-state index in [4.69, 9.17) is 6.11 Å². The van der Waals surface area contributed by atoms with Crippen molar-refractivity contribution in [2.75, 3.05) is 6.61 Å². The van der Waals surface area contributed by atoms with Crippen LogP contribution in [0.5, 0.6) is 5.75 Å². The molecule has 0 aromatic heterocycles. The van der Waals surface area contributed by atoms with Gasteiger partial charge in [0.2, 0.25) is 0 Å². The summed E-state index contributed by atoms with van der Waals surface area (Å²) >= 11 is 0. The first-order valence-electron chi connectivity index (χ1n) is 3.62. The smallest absolute Gasteiger partial charge is 0.145 e. The zero-order chi connectivity index (χ0) is 7.68. The van der Waals surface area contributed by atoms with Gasteiger partial charge in [-0.05, 0) is 12.1 Å². The molecule has 0 radical (unpaired) electrons. The van der Waals surface area contributed by atoms with Crippen molar-refractivity contribution in [3.63, 3.8) is 0 Å². The first-order valence-corrected chi connectivity index (χ1v) is 3.12. The standard InChI is InChI=1S/C8H7NO/c1-2-4-8-7(3-1)9-5-6-10-8/h1-5H,6H2/i2D. The maximum atomic E-state index is 7.30. The largest absolute Gasteiger partial charge is 0.486 e. The molecule has 1 heterocycles. The Morgan fingerprint density at radius 3 is 3.60 bits per heavy atom. The van der Waals surface area contributed by atoms with E-state index in [1.807, 2.05) is 0 Å². The number of para-hydroxylation sites is 2. The van der Waals surface area contributed by atoms with Gasteiger partial charge in [0.05, 0.1) is 1.37 Å². The maximum absolute atomic E-state index is 7.30. The van der Waals surface area contributed by atoms with Crippen molar-refractivity contribution < 1.29 is 6.11 Å². The van der Waals surface area contributed by atoms with E-state index < -0.39 is 0 Å². The van der Waals surface area contributed by atoms with E-state index >= 15 is 0 Å². The van der Waals surface area contributed by atoms with Crippen molar-refractivity contribution in [2.24, 2.45) is 4.99 Å². The molecule has 2 heteroatoms. The molecule has 1 aromatic carbocycles. The molecule has 2 nitrogen and oxygen atoms in total. The molecule has 0 atom stereocenters. The third-order valence-electron chi connectivity index (χ3n) is 1.35. The Labute approximate surface area is 60.6 Å². The van der Waals surface area contributed by atoms with Crippen LogP contribution in [0.2, 0.25) is 0 Å². The minimum atomic E-state index is 0.459. The fraction of sp³-hybridized carbons (Fsp3) is 0.125. The second-order valence-corrected chi connectivity index (χ2v) is 2.02. The van der Waals surface area contributed by atoms with Crippen LogP contribution in [0.1, 0.15) is 1.37 Å². The van der Waals surface area contributed by atoms with E-state index in [-0.39, 0.29) is 0 Å². The van der Waals surface area contributed by atoms with Crippen LogP contribution in [0.3, 0.4) is 0 Å². The number of rotatable bonds is 0. The molecule has 0 N–H and O–H groups in total. The number of nitrogens with zero attached hydrogens (tertiary/aromatic N) is 1. The number of benzene rings is 1. The Balaban J connectivity index is 2.53. The lowest BCUT2D eigenvalue weighted by Crippen LogP contribution is -2.01. The summed E-state index contributed by atoms with van der Waals surface area (Å²) in [5, 5.41) is 0. The fourth-order valence-corrected chi connectivity index (χ4v) is 0.892. The highest BCUT2D eigenvalue weighted by Crippen LogP contribution is 2.27. The van der Waals surface area contributed by atoms with E-state index in [0.717, 1.165) is 5.69 Å². The van der Waals surface area contributed by atoms with Gasteiger partial charge in [-0.2, -0.15) is 0 Å². The van der Waals surface area contributed by atoms with Crippen LogP contribution in [-0.4, -0.2) is 12.8 Å². The van der Waals surface area contributed by atoms with E-state index in [1.54, 1.807) is 24.4 Å². The Bertz CT molecular complexity index is 309. The topological polar surface area (TPSA) is 21.6 Å². The average Bonchev–Trinajstić information content (AvgIpc) is 2.04. The fourth-order valence-electron chi connectivity index (χ4n) is 0.892. The molecule has 1 aliphatic rings. The van der Waals surface area contributed by atoms with Gasteiger partial charge in [0.1, 0.15) is 18.0 Å². The number of hydrogen-bond acceptors (Lipinski definition) is 2. The van der Waals surface area contributed by atoms with Crippen molar-refractivity contribution >= 4 is 11.9 Å². The molecule has 50 valence electrons. The van der Waals surface area contributed by atoms with Crippen molar-refractivity contribution in [3.05, 3.63) is 24.2 Å². The van der Waals surface area contributed by atoms with Gasteiger partial charge in [-0.1, -0.05) is 12.1 Å². The van der Waals surface area contributed by atoms with E-state index in [9.17, 15) is 0 Å². The van der Waals surface area contributed by atoms with Gasteiger partial charge in [-0.3, -0.25) is 4.99 Å². The molecular formula is C8H7NO. The molecule has 0 fully saturated rings. The van der Waals surface area contributed by atoms with Crippen molar-refractivity contribution in [3.8, 4) is 5.75 Å². The van der Waals surface area contributed by atoms with Gasteiger partial charge in [0.15, 0.2) is 0 Å². The van der Waals surface area contributed by atoms with Gasteiger partial charge in [-0.25, -0.2) is 0 Å². The predicted molar refractivity (Wildman–Crippen MR) is 40.1 cm³/mol. The lowest BCUT2D eigenvalue weighted by Gasteiger charge is -2.09. The van der Waals surface area contributed by atoms with Gasteiger partial charge in [0.25, 0.3) is 0 Å². The van der Waals surface area contributed by atoms with Crippen molar-refractivity contribution in [2.45, 2.75) is 0 Å². The lowest BCUT2D eigenvalue weighted by molar-refractivity contribution is 0.377. The van der Waals surface area contributed by atoms with Crippen LogP contribution in [0.15, 0.2) is 29.2 Å². The third kappa shape index (κ3) is 0.778. The van der Waals surface area contributed by atoms with Gasteiger partial charge in [-0.15, -0.1) is 0 Å². The molecule has 0 spiro atoms. The molecule has 0 bridgehead atoms. The predicted octanol–water partition coefficient (Wildman–Crippen LogP) is 1.78. The zero-order valence-corrected chi connectivity index (χ0v) is 5.37. The highest BCUT2D eigenvalue weighted by molar-refractivity contribution is 5.70. The summed E-state index contributed by atoms with van der Waals surface area (Å²) in [6, 6.07) is 5.62. The first-order chi connectivity index (χ1) is 5.36. The molecule has 1 aliphatic heterocycles. The third-order valence-corrected chi connectivity index (χ3v) is 1.35.